The average molecular weight is 295 g/mol. The Hall–Kier alpha value is -1.95. The first-order valence-corrected chi connectivity index (χ1v) is 5.44. The van der Waals surface area contributed by atoms with E-state index in [9.17, 15) is 4.79 Å². The summed E-state index contributed by atoms with van der Waals surface area (Å²) in [5.41, 5.74) is 0.0602. The third-order valence-corrected chi connectivity index (χ3v) is 2.43. The Morgan fingerprint density at radius 1 is 1.35 bits per heavy atom. The Balaban J connectivity index is 2.36. The van der Waals surface area contributed by atoms with Gasteiger partial charge in [-0.2, -0.15) is 5.10 Å². The molecule has 0 aliphatic rings. The second-order valence-corrected chi connectivity index (χ2v) is 4.03. The molecule has 1 aromatic carbocycles. The molecule has 0 saturated carbocycles. The van der Waals surface area contributed by atoms with Gasteiger partial charge in [-0.05, 0) is 24.3 Å². The van der Waals surface area contributed by atoms with Crippen molar-refractivity contribution >= 4 is 21.9 Å². The summed E-state index contributed by atoms with van der Waals surface area (Å²) in [5.74, 6) is -0.594. The van der Waals surface area contributed by atoms with E-state index in [1.807, 2.05) is 0 Å². The second kappa shape index (κ2) is 4.92. The Labute approximate surface area is 105 Å². The van der Waals surface area contributed by atoms with Crippen LogP contribution in [0.5, 0.6) is 11.6 Å². The molecule has 5 nitrogen and oxygen atoms in total. The lowest BCUT2D eigenvalue weighted by atomic mass is 10.2. The third-order valence-electron chi connectivity index (χ3n) is 1.93. The average Bonchev–Trinajstić information content (AvgIpc) is 2.32. The number of hydrogen-bond donors (Lipinski definition) is 1. The molecule has 17 heavy (non-hydrogen) atoms. The molecule has 0 radical (unpaired) electrons. The lowest BCUT2D eigenvalue weighted by Gasteiger charge is -2.07. The molecule has 0 amide bonds. The van der Waals surface area contributed by atoms with Crippen molar-refractivity contribution in [2.75, 3.05) is 0 Å². The van der Waals surface area contributed by atoms with E-state index in [0.29, 0.717) is 4.47 Å². The van der Waals surface area contributed by atoms with Crippen molar-refractivity contribution < 1.29 is 14.6 Å². The van der Waals surface area contributed by atoms with Gasteiger partial charge in [0.2, 0.25) is 5.88 Å². The van der Waals surface area contributed by atoms with Gasteiger partial charge in [-0.25, -0.2) is 4.79 Å². The SMILES string of the molecule is O=C(O)c1cc(Br)ccc1Oc1cccnn1. The molecule has 0 atom stereocenters. The molecule has 0 aliphatic heterocycles. The molecule has 0 fully saturated rings. The van der Waals surface area contributed by atoms with Gasteiger partial charge < -0.3 is 9.84 Å². The number of halogens is 1. The molecule has 1 aromatic heterocycles. The van der Waals surface area contributed by atoms with Gasteiger partial charge in [0, 0.05) is 16.7 Å². The summed E-state index contributed by atoms with van der Waals surface area (Å²) >= 11 is 3.20. The monoisotopic (exact) mass is 294 g/mol. The zero-order valence-electron chi connectivity index (χ0n) is 8.50. The normalized spacial score (nSPS) is 9.94. The highest BCUT2D eigenvalue weighted by Gasteiger charge is 2.12. The molecule has 0 spiro atoms. The van der Waals surface area contributed by atoms with Crippen LogP contribution in [0.4, 0.5) is 0 Å². The van der Waals surface area contributed by atoms with Crippen LogP contribution < -0.4 is 4.74 Å². The Morgan fingerprint density at radius 2 is 2.18 bits per heavy atom. The van der Waals surface area contributed by atoms with E-state index < -0.39 is 5.97 Å². The molecule has 6 heteroatoms. The van der Waals surface area contributed by atoms with Gasteiger partial charge in [0.1, 0.15) is 11.3 Å². The minimum Gasteiger partial charge on any atom is -0.478 e. The molecule has 0 bridgehead atoms. The molecule has 2 aromatic rings. The minimum absolute atomic E-state index is 0.0602. The van der Waals surface area contributed by atoms with Gasteiger partial charge in [0.15, 0.2) is 0 Å². The van der Waals surface area contributed by atoms with Gasteiger partial charge in [-0.15, -0.1) is 5.10 Å². The molecule has 1 heterocycles. The van der Waals surface area contributed by atoms with E-state index >= 15 is 0 Å². The fourth-order valence-electron chi connectivity index (χ4n) is 1.21. The number of carboxylic acid groups (broad SMARTS) is 1. The summed E-state index contributed by atoms with van der Waals surface area (Å²) in [7, 11) is 0. The number of nitrogens with zero attached hydrogens (tertiary/aromatic N) is 2. The summed E-state index contributed by atoms with van der Waals surface area (Å²) in [4.78, 5) is 11.0. The van der Waals surface area contributed by atoms with Crippen LogP contribution in [0.2, 0.25) is 0 Å². The zero-order chi connectivity index (χ0) is 12.3. The topological polar surface area (TPSA) is 72.3 Å². The van der Waals surface area contributed by atoms with Gasteiger partial charge >= 0.3 is 5.97 Å². The van der Waals surface area contributed by atoms with E-state index in [0.717, 1.165) is 0 Å². The lowest BCUT2D eigenvalue weighted by molar-refractivity contribution is 0.0694. The number of hydrogen-bond acceptors (Lipinski definition) is 4. The van der Waals surface area contributed by atoms with Crippen molar-refractivity contribution in [2.45, 2.75) is 0 Å². The van der Waals surface area contributed by atoms with Crippen LogP contribution in [0.3, 0.4) is 0 Å². The van der Waals surface area contributed by atoms with E-state index in [1.54, 1.807) is 24.3 Å². The van der Waals surface area contributed by atoms with Crippen molar-refractivity contribution in [3.8, 4) is 11.6 Å². The maximum absolute atomic E-state index is 11.0. The van der Waals surface area contributed by atoms with Crippen molar-refractivity contribution in [2.24, 2.45) is 0 Å². The Bertz CT molecular complexity index is 546. The predicted molar refractivity (Wildman–Crippen MR) is 63.2 cm³/mol. The molecular formula is C11H7BrN2O3. The predicted octanol–water partition coefficient (Wildman–Crippen LogP) is 2.73. The molecular weight excluding hydrogens is 288 g/mol. The molecule has 0 unspecified atom stereocenters. The number of aromatic carboxylic acids is 1. The van der Waals surface area contributed by atoms with Crippen LogP contribution in [-0.2, 0) is 0 Å². The molecule has 0 saturated heterocycles. The first kappa shape index (κ1) is 11.5. The van der Waals surface area contributed by atoms with E-state index in [4.69, 9.17) is 9.84 Å². The van der Waals surface area contributed by atoms with Crippen molar-refractivity contribution in [3.05, 3.63) is 46.6 Å². The van der Waals surface area contributed by atoms with E-state index in [-0.39, 0.29) is 17.2 Å². The summed E-state index contributed by atoms with van der Waals surface area (Å²) in [6.07, 6.45) is 1.51. The summed E-state index contributed by atoms with van der Waals surface area (Å²) < 4.78 is 6.02. The van der Waals surface area contributed by atoms with Crippen LogP contribution in [0.15, 0.2) is 41.0 Å². The van der Waals surface area contributed by atoms with Crippen LogP contribution in [0, 0.1) is 0 Å². The highest BCUT2D eigenvalue weighted by atomic mass is 79.9. The fourth-order valence-corrected chi connectivity index (χ4v) is 1.57. The van der Waals surface area contributed by atoms with Gasteiger partial charge in [0.05, 0.1) is 0 Å². The summed E-state index contributed by atoms with van der Waals surface area (Å²) in [6, 6.07) is 7.97. The standard InChI is InChI=1S/C11H7BrN2O3/c12-7-3-4-9(8(6-7)11(15)16)17-10-2-1-5-13-14-10/h1-6H,(H,15,16). The molecule has 86 valence electrons. The number of rotatable bonds is 3. The fraction of sp³-hybridized carbons (Fsp3) is 0. The molecule has 2 rings (SSSR count). The highest BCUT2D eigenvalue weighted by molar-refractivity contribution is 9.10. The number of carbonyl (C=O) groups is 1. The van der Waals surface area contributed by atoms with Gasteiger partial charge in [-0.3, -0.25) is 0 Å². The van der Waals surface area contributed by atoms with Crippen molar-refractivity contribution in [1.29, 1.82) is 0 Å². The molecule has 1 N–H and O–H groups in total. The highest BCUT2D eigenvalue weighted by Crippen LogP contribution is 2.26. The number of benzene rings is 1. The first-order valence-electron chi connectivity index (χ1n) is 4.65. The van der Waals surface area contributed by atoms with Crippen molar-refractivity contribution in [1.82, 2.24) is 10.2 Å². The van der Waals surface area contributed by atoms with Crippen LogP contribution in [-0.4, -0.2) is 21.3 Å². The number of aromatic nitrogens is 2. The second-order valence-electron chi connectivity index (χ2n) is 3.11. The van der Waals surface area contributed by atoms with Crippen LogP contribution in [0.1, 0.15) is 10.4 Å². The lowest BCUT2D eigenvalue weighted by Crippen LogP contribution is -2.00. The third kappa shape index (κ3) is 2.79. The summed E-state index contributed by atoms with van der Waals surface area (Å²) in [5, 5.41) is 16.4. The Morgan fingerprint density at radius 3 is 2.82 bits per heavy atom. The number of carboxylic acids is 1. The minimum atomic E-state index is -1.06. The number of ether oxygens (including phenoxy) is 1. The quantitative estimate of drug-likeness (QED) is 0.942. The largest absolute Gasteiger partial charge is 0.478 e. The van der Waals surface area contributed by atoms with Gasteiger partial charge in [-0.1, -0.05) is 15.9 Å². The zero-order valence-corrected chi connectivity index (χ0v) is 10.1. The van der Waals surface area contributed by atoms with E-state index in [1.165, 1.54) is 12.3 Å². The Kier molecular flexibility index (Phi) is 3.34. The van der Waals surface area contributed by atoms with Gasteiger partial charge in [0.25, 0.3) is 0 Å². The van der Waals surface area contributed by atoms with Crippen LogP contribution in [0.25, 0.3) is 0 Å². The maximum Gasteiger partial charge on any atom is 0.339 e. The summed E-state index contributed by atoms with van der Waals surface area (Å²) in [6.45, 7) is 0. The van der Waals surface area contributed by atoms with Crippen molar-refractivity contribution in [3.63, 3.8) is 0 Å². The van der Waals surface area contributed by atoms with Crippen LogP contribution >= 0.6 is 15.9 Å². The smallest absolute Gasteiger partial charge is 0.339 e. The maximum atomic E-state index is 11.0. The van der Waals surface area contributed by atoms with E-state index in [2.05, 4.69) is 26.1 Å². The molecule has 0 aliphatic carbocycles. The first-order chi connectivity index (χ1) is 8.16.